The summed E-state index contributed by atoms with van der Waals surface area (Å²) in [5.74, 6) is 2.48. The highest BCUT2D eigenvalue weighted by Gasteiger charge is 2.27. The molecule has 43 heavy (non-hydrogen) atoms. The molecule has 0 aliphatic carbocycles. The Morgan fingerprint density at radius 2 is 1.65 bits per heavy atom. The van der Waals surface area contributed by atoms with Crippen LogP contribution in [0.4, 0.5) is 5.69 Å². The van der Waals surface area contributed by atoms with Crippen molar-refractivity contribution in [2.75, 3.05) is 65.7 Å². The minimum Gasteiger partial charge on any atom is -0.496 e. The smallest absolute Gasteiger partial charge is 0.226 e. The summed E-state index contributed by atoms with van der Waals surface area (Å²) in [4.78, 5) is 12.1. The molecular weight excluding hydrogens is 548 g/mol. The maximum Gasteiger partial charge on any atom is 0.226 e. The highest BCUT2D eigenvalue weighted by Crippen LogP contribution is 2.29. The minimum atomic E-state index is -0.115. The van der Waals surface area contributed by atoms with Crippen LogP contribution in [0.25, 0.3) is 0 Å². The van der Waals surface area contributed by atoms with E-state index in [2.05, 4.69) is 22.8 Å². The van der Waals surface area contributed by atoms with Gasteiger partial charge in [-0.05, 0) is 48.9 Å². The lowest BCUT2D eigenvalue weighted by atomic mass is 9.88. The number of amides is 1. The first-order chi connectivity index (χ1) is 21.2. The third-order valence-corrected chi connectivity index (χ3v) is 7.25. The molecule has 0 saturated carbocycles. The second-order valence-corrected chi connectivity index (χ2v) is 10.3. The van der Waals surface area contributed by atoms with E-state index in [1.54, 1.807) is 14.2 Å². The summed E-state index contributed by atoms with van der Waals surface area (Å²) in [5.41, 5.74) is 2.92. The number of piperidine rings is 1. The topological polar surface area (TPSA) is 96.5 Å². The highest BCUT2D eigenvalue weighted by atomic mass is 16.5. The van der Waals surface area contributed by atoms with Crippen LogP contribution in [-0.2, 0) is 25.6 Å². The summed E-state index contributed by atoms with van der Waals surface area (Å²) in [5, 5.41) is 6.33. The van der Waals surface area contributed by atoms with Crippen LogP contribution in [0.1, 0.15) is 36.3 Å². The fourth-order valence-electron chi connectivity index (χ4n) is 5.01. The zero-order chi connectivity index (χ0) is 30.1. The summed E-state index contributed by atoms with van der Waals surface area (Å²) < 4.78 is 34.3. The van der Waals surface area contributed by atoms with Gasteiger partial charge in [-0.15, -0.1) is 0 Å². The normalized spacial score (nSPS) is 16.4. The summed E-state index contributed by atoms with van der Waals surface area (Å²) in [7, 11) is 3.25. The predicted octanol–water partition coefficient (Wildman–Crippen LogP) is 5.20. The Morgan fingerprint density at radius 1 is 0.860 bits per heavy atom. The van der Waals surface area contributed by atoms with Crippen molar-refractivity contribution in [1.29, 1.82) is 0 Å². The third-order valence-electron chi connectivity index (χ3n) is 7.25. The number of hydrogen-bond donors (Lipinski definition) is 2. The fourth-order valence-corrected chi connectivity index (χ4v) is 5.01. The van der Waals surface area contributed by atoms with Crippen LogP contribution in [0.15, 0.2) is 72.8 Å². The van der Waals surface area contributed by atoms with Crippen LogP contribution >= 0.6 is 0 Å². The van der Waals surface area contributed by atoms with Gasteiger partial charge in [0.25, 0.3) is 0 Å². The summed E-state index contributed by atoms with van der Waals surface area (Å²) in [6.45, 7) is 4.64. The standard InChI is InChI=1S/C34H44N2O7/c1-38-21-17-34(37)36-30-9-4-6-11-32(30)42-22-23-43-33-24-35-18-16-29(33)26-12-14-28(15-13-26)41-20-7-19-40-25-27-8-3-5-10-31(27)39-2/h3-6,8-15,29,33,35H,7,16-25H2,1-2H3,(H,36,37)/t29-,33+/m1/s1. The monoisotopic (exact) mass is 592 g/mol. The molecule has 2 N–H and O–H groups in total. The van der Waals surface area contributed by atoms with E-state index in [4.69, 9.17) is 28.4 Å². The van der Waals surface area contributed by atoms with Gasteiger partial charge >= 0.3 is 0 Å². The van der Waals surface area contributed by atoms with E-state index < -0.39 is 0 Å². The second-order valence-electron chi connectivity index (χ2n) is 10.3. The molecule has 232 valence electrons. The Balaban J connectivity index is 1.17. The van der Waals surface area contributed by atoms with Crippen molar-refractivity contribution < 1.29 is 33.2 Å². The summed E-state index contributed by atoms with van der Waals surface area (Å²) in [6.07, 6.45) is 2.12. The van der Waals surface area contributed by atoms with Gasteiger partial charge in [0.05, 0.1) is 58.4 Å². The minimum absolute atomic E-state index is 0.0356. The fraction of sp³-hybridized carbons (Fsp3) is 0.441. The zero-order valence-electron chi connectivity index (χ0n) is 25.2. The molecule has 0 radical (unpaired) electrons. The molecule has 0 bridgehead atoms. The van der Waals surface area contributed by atoms with Crippen LogP contribution in [0.5, 0.6) is 17.2 Å². The molecule has 0 aromatic heterocycles. The summed E-state index contributed by atoms with van der Waals surface area (Å²) >= 11 is 0. The van der Waals surface area contributed by atoms with Gasteiger partial charge in [0, 0.05) is 31.6 Å². The van der Waals surface area contributed by atoms with Gasteiger partial charge in [-0.2, -0.15) is 0 Å². The Morgan fingerprint density at radius 3 is 2.47 bits per heavy atom. The number of carbonyl (C=O) groups is 1. The Kier molecular flexibility index (Phi) is 13.6. The number of ether oxygens (including phenoxy) is 6. The van der Waals surface area contributed by atoms with Gasteiger partial charge in [-0.25, -0.2) is 0 Å². The molecule has 1 heterocycles. The van der Waals surface area contributed by atoms with Crippen LogP contribution in [-0.4, -0.2) is 72.4 Å². The molecule has 1 aliphatic heterocycles. The van der Waals surface area contributed by atoms with E-state index in [9.17, 15) is 4.79 Å². The van der Waals surface area contributed by atoms with Crippen molar-refractivity contribution in [1.82, 2.24) is 5.32 Å². The second kappa shape index (κ2) is 18.1. The van der Waals surface area contributed by atoms with Crippen molar-refractivity contribution in [3.05, 3.63) is 83.9 Å². The van der Waals surface area contributed by atoms with Crippen LogP contribution in [0, 0.1) is 0 Å². The first-order valence-electron chi connectivity index (χ1n) is 14.9. The van der Waals surface area contributed by atoms with Gasteiger partial charge in [-0.3, -0.25) is 4.79 Å². The Bertz CT molecular complexity index is 1240. The molecule has 9 heteroatoms. The van der Waals surface area contributed by atoms with Crippen LogP contribution in [0.3, 0.4) is 0 Å². The van der Waals surface area contributed by atoms with Gasteiger partial charge in [0.15, 0.2) is 0 Å². The zero-order valence-corrected chi connectivity index (χ0v) is 25.2. The molecule has 3 aromatic carbocycles. The SMILES string of the molecule is COCCC(=O)Nc1ccccc1OCCO[C@H]1CNCC[C@@H]1c1ccc(OCCCOCc2ccccc2OC)cc1. The molecule has 1 fully saturated rings. The Hall–Kier alpha value is -3.63. The number of nitrogens with one attached hydrogen (secondary N) is 2. The average Bonchev–Trinajstić information content (AvgIpc) is 3.05. The van der Waals surface area contributed by atoms with Gasteiger partial charge in [0.2, 0.25) is 5.91 Å². The van der Waals surface area contributed by atoms with Gasteiger partial charge < -0.3 is 39.1 Å². The molecular formula is C34H44N2O7. The third kappa shape index (κ3) is 10.5. The van der Waals surface area contributed by atoms with E-state index in [0.717, 1.165) is 43.0 Å². The van der Waals surface area contributed by atoms with Crippen molar-refractivity contribution in [3.63, 3.8) is 0 Å². The number of rotatable bonds is 18. The van der Waals surface area contributed by atoms with Gasteiger partial charge in [-0.1, -0.05) is 42.5 Å². The number of anilines is 1. The lowest BCUT2D eigenvalue weighted by molar-refractivity contribution is -0.117. The Labute approximate surface area is 254 Å². The number of hydrogen-bond acceptors (Lipinski definition) is 8. The van der Waals surface area contributed by atoms with Crippen molar-refractivity contribution in [3.8, 4) is 17.2 Å². The number of benzene rings is 3. The molecule has 0 unspecified atom stereocenters. The van der Waals surface area contributed by atoms with Gasteiger partial charge in [0.1, 0.15) is 23.9 Å². The molecule has 9 nitrogen and oxygen atoms in total. The van der Waals surface area contributed by atoms with Crippen LogP contribution < -0.4 is 24.8 Å². The first-order valence-corrected chi connectivity index (χ1v) is 14.9. The number of para-hydroxylation sites is 3. The molecule has 4 rings (SSSR count). The molecule has 1 aliphatic rings. The van der Waals surface area contributed by atoms with E-state index in [1.165, 1.54) is 5.56 Å². The molecule has 0 spiro atoms. The molecule has 2 atom stereocenters. The molecule has 1 saturated heterocycles. The quantitative estimate of drug-likeness (QED) is 0.195. The van der Waals surface area contributed by atoms with E-state index >= 15 is 0 Å². The summed E-state index contributed by atoms with van der Waals surface area (Å²) in [6, 6.07) is 23.6. The highest BCUT2D eigenvalue weighted by molar-refractivity contribution is 5.92. The van der Waals surface area contributed by atoms with E-state index in [-0.39, 0.29) is 24.3 Å². The maximum atomic E-state index is 12.1. The van der Waals surface area contributed by atoms with Crippen molar-refractivity contribution >= 4 is 11.6 Å². The van der Waals surface area contributed by atoms with Crippen LogP contribution in [0.2, 0.25) is 0 Å². The largest absolute Gasteiger partial charge is 0.496 e. The number of methoxy groups -OCH3 is 2. The average molecular weight is 593 g/mol. The van der Waals surface area contributed by atoms with E-state index in [0.29, 0.717) is 51.1 Å². The van der Waals surface area contributed by atoms with Crippen molar-refractivity contribution in [2.24, 2.45) is 0 Å². The lowest BCUT2D eigenvalue weighted by Gasteiger charge is -2.32. The molecule has 3 aromatic rings. The maximum absolute atomic E-state index is 12.1. The predicted molar refractivity (Wildman–Crippen MR) is 166 cm³/mol. The number of carbonyl (C=O) groups excluding carboxylic acids is 1. The molecule has 1 amide bonds. The lowest BCUT2D eigenvalue weighted by Crippen LogP contribution is -2.41. The van der Waals surface area contributed by atoms with Crippen molar-refractivity contribution in [2.45, 2.75) is 37.9 Å². The van der Waals surface area contributed by atoms with E-state index in [1.807, 2.05) is 60.7 Å². The first kappa shape index (κ1) is 32.3.